The second kappa shape index (κ2) is 6.43. The Labute approximate surface area is 120 Å². The van der Waals surface area contributed by atoms with Crippen LogP contribution in [0.3, 0.4) is 0 Å². The molecule has 2 aromatic rings. The summed E-state index contributed by atoms with van der Waals surface area (Å²) in [6, 6.07) is 6.25. The van der Waals surface area contributed by atoms with Gasteiger partial charge in [0.25, 0.3) is 0 Å². The van der Waals surface area contributed by atoms with Gasteiger partial charge in [0.2, 0.25) is 5.91 Å². The average Bonchev–Trinajstić information content (AvgIpc) is 2.38. The molecule has 0 radical (unpaired) electrons. The van der Waals surface area contributed by atoms with Crippen LogP contribution in [-0.2, 0) is 4.79 Å². The van der Waals surface area contributed by atoms with Gasteiger partial charge in [-0.15, -0.1) is 0 Å². The molecule has 20 heavy (non-hydrogen) atoms. The molecule has 0 atom stereocenters. The second-order valence-corrected chi connectivity index (χ2v) is 4.69. The summed E-state index contributed by atoms with van der Waals surface area (Å²) in [6.45, 7) is 2.36. The van der Waals surface area contributed by atoms with Crippen molar-refractivity contribution in [2.24, 2.45) is 0 Å². The van der Waals surface area contributed by atoms with E-state index in [4.69, 9.17) is 20.8 Å². The van der Waals surface area contributed by atoms with E-state index in [1.165, 1.54) is 13.0 Å². The zero-order valence-corrected chi connectivity index (χ0v) is 11.7. The number of benzene rings is 1. The van der Waals surface area contributed by atoms with Gasteiger partial charge in [0.15, 0.2) is 0 Å². The van der Waals surface area contributed by atoms with Crippen LogP contribution < -0.4 is 15.7 Å². The van der Waals surface area contributed by atoms with Crippen LogP contribution in [-0.4, -0.2) is 19.1 Å². The number of carbonyl (C=O) groups excluding carboxylic acids is 1. The van der Waals surface area contributed by atoms with Crippen LogP contribution in [0, 0.1) is 0 Å². The smallest absolute Gasteiger partial charge is 0.339 e. The van der Waals surface area contributed by atoms with Crippen molar-refractivity contribution in [1.82, 2.24) is 5.32 Å². The van der Waals surface area contributed by atoms with E-state index in [1.54, 1.807) is 18.2 Å². The maximum Gasteiger partial charge on any atom is 0.339 e. The summed E-state index contributed by atoms with van der Waals surface area (Å²) in [6.07, 6.45) is 0.641. The predicted molar refractivity (Wildman–Crippen MR) is 76.3 cm³/mol. The van der Waals surface area contributed by atoms with Crippen molar-refractivity contribution >= 4 is 28.5 Å². The molecule has 0 saturated carbocycles. The van der Waals surface area contributed by atoms with Gasteiger partial charge in [0.05, 0.1) is 18.1 Å². The van der Waals surface area contributed by atoms with E-state index >= 15 is 0 Å². The Kier molecular flexibility index (Phi) is 4.63. The van der Waals surface area contributed by atoms with Gasteiger partial charge in [0, 0.05) is 18.5 Å². The molecule has 0 bridgehead atoms. The Morgan fingerprint density at radius 3 is 2.95 bits per heavy atom. The van der Waals surface area contributed by atoms with Crippen molar-refractivity contribution in [2.75, 3.05) is 13.2 Å². The van der Waals surface area contributed by atoms with Gasteiger partial charge in [-0.1, -0.05) is 11.6 Å². The van der Waals surface area contributed by atoms with E-state index in [2.05, 4.69) is 5.32 Å². The Bertz CT molecular complexity index is 680. The molecule has 0 aliphatic carbocycles. The fraction of sp³-hybridized carbons (Fsp3) is 0.286. The van der Waals surface area contributed by atoms with Crippen molar-refractivity contribution in [3.8, 4) is 5.75 Å². The summed E-state index contributed by atoms with van der Waals surface area (Å²) in [5.41, 5.74) is -0.0459. The summed E-state index contributed by atoms with van der Waals surface area (Å²) >= 11 is 5.93. The van der Waals surface area contributed by atoms with E-state index in [9.17, 15) is 9.59 Å². The van der Waals surface area contributed by atoms with Gasteiger partial charge >= 0.3 is 5.63 Å². The largest absolute Gasteiger partial charge is 0.492 e. The highest BCUT2D eigenvalue weighted by Crippen LogP contribution is 2.26. The minimum atomic E-state index is -0.475. The molecule has 0 aliphatic rings. The molecule has 0 saturated heterocycles. The molecule has 0 spiro atoms. The van der Waals surface area contributed by atoms with Gasteiger partial charge in [-0.3, -0.25) is 4.79 Å². The number of rotatable bonds is 5. The lowest BCUT2D eigenvalue weighted by Crippen LogP contribution is -2.22. The highest BCUT2D eigenvalue weighted by Gasteiger charge is 2.07. The van der Waals surface area contributed by atoms with E-state index in [0.717, 1.165) is 0 Å². The van der Waals surface area contributed by atoms with Crippen molar-refractivity contribution in [3.63, 3.8) is 0 Å². The SMILES string of the molecule is CC(=O)NCCCOc1cc(=O)oc2ccc(Cl)cc12. The lowest BCUT2D eigenvalue weighted by molar-refractivity contribution is -0.118. The Hall–Kier alpha value is -2.01. The van der Waals surface area contributed by atoms with Crippen LogP contribution >= 0.6 is 11.6 Å². The molecule has 1 aromatic heterocycles. The molecule has 0 aliphatic heterocycles. The minimum absolute atomic E-state index is 0.0809. The molecular weight excluding hydrogens is 282 g/mol. The topological polar surface area (TPSA) is 68.5 Å². The number of hydrogen-bond donors (Lipinski definition) is 1. The Morgan fingerprint density at radius 2 is 2.20 bits per heavy atom. The molecule has 1 aromatic carbocycles. The molecule has 1 heterocycles. The molecule has 6 heteroatoms. The third-order valence-electron chi connectivity index (χ3n) is 2.62. The molecular formula is C14H14ClNO4. The molecule has 0 unspecified atom stereocenters. The summed E-state index contributed by atoms with van der Waals surface area (Å²) in [4.78, 5) is 22.1. The Balaban J connectivity index is 2.10. The van der Waals surface area contributed by atoms with Crippen LogP contribution in [0.25, 0.3) is 11.0 Å². The number of amides is 1. The summed E-state index contributed by atoms with van der Waals surface area (Å²) in [5, 5.41) is 3.86. The summed E-state index contributed by atoms with van der Waals surface area (Å²) in [5.74, 6) is 0.351. The first-order valence-electron chi connectivity index (χ1n) is 6.17. The quantitative estimate of drug-likeness (QED) is 0.679. The normalized spacial score (nSPS) is 10.5. The molecule has 1 amide bonds. The fourth-order valence-electron chi connectivity index (χ4n) is 1.74. The Morgan fingerprint density at radius 1 is 1.40 bits per heavy atom. The van der Waals surface area contributed by atoms with Gasteiger partial charge in [-0.2, -0.15) is 0 Å². The summed E-state index contributed by atoms with van der Waals surface area (Å²) in [7, 11) is 0. The maximum atomic E-state index is 11.4. The fourth-order valence-corrected chi connectivity index (χ4v) is 1.92. The van der Waals surface area contributed by atoms with Crippen molar-refractivity contribution < 1.29 is 13.9 Å². The van der Waals surface area contributed by atoms with E-state index in [-0.39, 0.29) is 5.91 Å². The van der Waals surface area contributed by atoms with Crippen LogP contribution in [0.5, 0.6) is 5.75 Å². The van der Waals surface area contributed by atoms with Gasteiger partial charge in [0.1, 0.15) is 11.3 Å². The third kappa shape index (κ3) is 3.74. The van der Waals surface area contributed by atoms with Crippen molar-refractivity contribution in [2.45, 2.75) is 13.3 Å². The van der Waals surface area contributed by atoms with Crippen LogP contribution in [0.15, 0.2) is 33.5 Å². The lowest BCUT2D eigenvalue weighted by Gasteiger charge is -2.08. The zero-order valence-electron chi connectivity index (χ0n) is 10.9. The zero-order chi connectivity index (χ0) is 14.5. The standard InChI is InChI=1S/C14H14ClNO4/c1-9(17)16-5-2-6-19-13-8-14(18)20-12-4-3-10(15)7-11(12)13/h3-4,7-8H,2,5-6H2,1H3,(H,16,17). The minimum Gasteiger partial charge on any atom is -0.492 e. The van der Waals surface area contributed by atoms with Gasteiger partial charge in [-0.25, -0.2) is 4.79 Å². The molecule has 0 fully saturated rings. The number of hydrogen-bond acceptors (Lipinski definition) is 4. The molecule has 1 N–H and O–H groups in total. The summed E-state index contributed by atoms with van der Waals surface area (Å²) < 4.78 is 10.6. The van der Waals surface area contributed by atoms with Crippen molar-refractivity contribution in [3.05, 3.63) is 39.7 Å². The first-order chi connectivity index (χ1) is 9.56. The van der Waals surface area contributed by atoms with Gasteiger partial charge < -0.3 is 14.5 Å². The number of halogens is 1. The molecule has 2 rings (SSSR count). The molecule has 5 nitrogen and oxygen atoms in total. The second-order valence-electron chi connectivity index (χ2n) is 4.26. The number of ether oxygens (including phenoxy) is 1. The van der Waals surface area contributed by atoms with Crippen molar-refractivity contribution in [1.29, 1.82) is 0 Å². The highest BCUT2D eigenvalue weighted by atomic mass is 35.5. The third-order valence-corrected chi connectivity index (χ3v) is 2.85. The number of nitrogens with one attached hydrogen (secondary N) is 1. The average molecular weight is 296 g/mol. The van der Waals surface area contributed by atoms with E-state index in [1.807, 2.05) is 0 Å². The number of carbonyl (C=O) groups is 1. The first kappa shape index (κ1) is 14.4. The van der Waals surface area contributed by atoms with Gasteiger partial charge in [-0.05, 0) is 24.6 Å². The maximum absolute atomic E-state index is 11.4. The van der Waals surface area contributed by atoms with E-state index < -0.39 is 5.63 Å². The first-order valence-corrected chi connectivity index (χ1v) is 6.55. The van der Waals surface area contributed by atoms with E-state index in [0.29, 0.717) is 41.3 Å². The highest BCUT2D eigenvalue weighted by molar-refractivity contribution is 6.31. The monoisotopic (exact) mass is 295 g/mol. The molecule has 106 valence electrons. The van der Waals surface area contributed by atoms with Crippen LogP contribution in [0.1, 0.15) is 13.3 Å². The van der Waals surface area contributed by atoms with Crippen LogP contribution in [0.2, 0.25) is 5.02 Å². The van der Waals surface area contributed by atoms with Crippen LogP contribution in [0.4, 0.5) is 0 Å². The lowest BCUT2D eigenvalue weighted by atomic mass is 10.2. The predicted octanol–water partition coefficient (Wildman–Crippen LogP) is 2.35. The number of fused-ring (bicyclic) bond motifs is 1.